The van der Waals surface area contributed by atoms with Crippen LogP contribution in [0.15, 0.2) is 18.2 Å². The van der Waals surface area contributed by atoms with Crippen LogP contribution in [0.2, 0.25) is 0 Å². The molecule has 0 bridgehead atoms. The number of carbonyl (C=O) groups excluding carboxylic acids is 1. The Kier molecular flexibility index (Phi) is 4.47. The predicted octanol–water partition coefficient (Wildman–Crippen LogP) is 1.72. The van der Waals surface area contributed by atoms with Crippen LogP contribution in [0.1, 0.15) is 30.1 Å². The minimum absolute atomic E-state index is 0.109. The first-order chi connectivity index (χ1) is 9.96. The molecule has 1 aliphatic heterocycles. The first kappa shape index (κ1) is 15.3. The van der Waals surface area contributed by atoms with E-state index in [0.29, 0.717) is 18.0 Å². The summed E-state index contributed by atoms with van der Waals surface area (Å²) in [6.07, 6.45) is 1.74. The van der Waals surface area contributed by atoms with Gasteiger partial charge < -0.3 is 20.5 Å². The van der Waals surface area contributed by atoms with Crippen molar-refractivity contribution in [3.8, 4) is 5.75 Å². The Labute approximate surface area is 123 Å². The van der Waals surface area contributed by atoms with Crippen LogP contribution < -0.4 is 15.4 Å². The molecule has 6 heteroatoms. The minimum Gasteiger partial charge on any atom is -0.495 e. The molecular weight excluding hydrogens is 272 g/mol. The monoisotopic (exact) mass is 292 g/mol. The Morgan fingerprint density at radius 1 is 1.43 bits per heavy atom. The molecule has 0 saturated carbocycles. The number of ether oxygens (including phenoxy) is 1. The fourth-order valence-corrected chi connectivity index (χ4v) is 2.46. The molecule has 1 fully saturated rings. The van der Waals surface area contributed by atoms with Crippen LogP contribution in [0.5, 0.6) is 5.75 Å². The van der Waals surface area contributed by atoms with Gasteiger partial charge in [-0.05, 0) is 44.5 Å². The Bertz CT molecular complexity index is 551. The van der Waals surface area contributed by atoms with Gasteiger partial charge in [-0.3, -0.25) is 4.79 Å². The smallest absolute Gasteiger partial charge is 0.335 e. The third-order valence-corrected chi connectivity index (χ3v) is 3.84. The van der Waals surface area contributed by atoms with Gasteiger partial charge in [0.05, 0.1) is 23.8 Å². The summed E-state index contributed by atoms with van der Waals surface area (Å²) in [4.78, 5) is 23.5. The number of hydrogen-bond acceptors (Lipinski definition) is 4. The van der Waals surface area contributed by atoms with E-state index in [2.05, 4.69) is 10.6 Å². The lowest BCUT2D eigenvalue weighted by Crippen LogP contribution is -2.46. The molecular formula is C15H20N2O4. The van der Waals surface area contributed by atoms with Gasteiger partial charge in [0.25, 0.3) is 0 Å². The highest BCUT2D eigenvalue weighted by atomic mass is 16.5. The summed E-state index contributed by atoms with van der Waals surface area (Å²) >= 11 is 0. The van der Waals surface area contributed by atoms with E-state index in [-0.39, 0.29) is 11.5 Å². The summed E-state index contributed by atoms with van der Waals surface area (Å²) in [5, 5.41) is 15.1. The second kappa shape index (κ2) is 6.13. The van der Waals surface area contributed by atoms with E-state index in [1.807, 2.05) is 6.92 Å². The molecule has 0 aliphatic carbocycles. The van der Waals surface area contributed by atoms with Crippen molar-refractivity contribution < 1.29 is 19.4 Å². The lowest BCUT2D eigenvalue weighted by molar-refractivity contribution is -0.125. The van der Waals surface area contributed by atoms with Gasteiger partial charge in [-0.1, -0.05) is 0 Å². The van der Waals surface area contributed by atoms with E-state index in [1.54, 1.807) is 6.07 Å². The van der Waals surface area contributed by atoms with Crippen LogP contribution in [0, 0.1) is 5.41 Å². The summed E-state index contributed by atoms with van der Waals surface area (Å²) in [6.45, 7) is 3.43. The quantitative estimate of drug-likeness (QED) is 0.786. The summed E-state index contributed by atoms with van der Waals surface area (Å²) in [7, 11) is 1.48. The number of piperidine rings is 1. The van der Waals surface area contributed by atoms with E-state index in [1.165, 1.54) is 19.2 Å². The highest BCUT2D eigenvalue weighted by molar-refractivity contribution is 5.98. The lowest BCUT2D eigenvalue weighted by Gasteiger charge is -2.32. The van der Waals surface area contributed by atoms with Gasteiger partial charge in [0, 0.05) is 6.54 Å². The number of hydrogen-bond donors (Lipinski definition) is 3. The van der Waals surface area contributed by atoms with E-state index in [0.717, 1.165) is 19.4 Å². The molecule has 1 amide bonds. The number of benzene rings is 1. The normalized spacial score (nSPS) is 21.6. The number of carboxylic acids is 1. The third-order valence-electron chi connectivity index (χ3n) is 3.84. The number of aromatic carboxylic acids is 1. The van der Waals surface area contributed by atoms with Crippen molar-refractivity contribution in [2.45, 2.75) is 19.8 Å². The molecule has 1 atom stereocenters. The number of anilines is 1. The topological polar surface area (TPSA) is 87.7 Å². The Morgan fingerprint density at radius 3 is 2.76 bits per heavy atom. The molecule has 21 heavy (non-hydrogen) atoms. The first-order valence-corrected chi connectivity index (χ1v) is 6.90. The summed E-state index contributed by atoms with van der Waals surface area (Å²) < 4.78 is 5.18. The number of carbonyl (C=O) groups is 2. The molecule has 0 spiro atoms. The fraction of sp³-hybridized carbons (Fsp3) is 0.467. The fourth-order valence-electron chi connectivity index (χ4n) is 2.46. The Balaban J connectivity index is 2.23. The van der Waals surface area contributed by atoms with Crippen molar-refractivity contribution >= 4 is 17.6 Å². The SMILES string of the molecule is COc1ccc(C(=O)O)cc1NC(=O)C1(C)CCCNC1. The van der Waals surface area contributed by atoms with Gasteiger partial charge in [-0.15, -0.1) is 0 Å². The molecule has 1 aromatic carbocycles. The summed E-state index contributed by atoms with van der Waals surface area (Å²) in [5.74, 6) is -0.727. The van der Waals surface area contributed by atoms with Gasteiger partial charge in [0.1, 0.15) is 5.75 Å². The highest BCUT2D eigenvalue weighted by Gasteiger charge is 2.35. The molecule has 6 nitrogen and oxygen atoms in total. The minimum atomic E-state index is -1.04. The molecule has 0 aromatic heterocycles. The Morgan fingerprint density at radius 2 is 2.19 bits per heavy atom. The lowest BCUT2D eigenvalue weighted by atomic mass is 9.82. The van der Waals surface area contributed by atoms with Crippen molar-refractivity contribution in [2.75, 3.05) is 25.5 Å². The maximum atomic E-state index is 12.5. The molecule has 1 saturated heterocycles. The molecule has 1 aliphatic rings. The van der Waals surface area contributed by atoms with Crippen molar-refractivity contribution in [1.29, 1.82) is 0 Å². The van der Waals surface area contributed by atoms with Crippen LogP contribution in [0.25, 0.3) is 0 Å². The molecule has 2 rings (SSSR count). The zero-order chi connectivity index (χ0) is 15.5. The number of rotatable bonds is 4. The zero-order valence-electron chi connectivity index (χ0n) is 12.2. The predicted molar refractivity (Wildman–Crippen MR) is 78.8 cm³/mol. The summed E-state index contributed by atoms with van der Waals surface area (Å²) in [5.41, 5.74) is -0.00473. The van der Waals surface area contributed by atoms with Gasteiger partial charge in [-0.2, -0.15) is 0 Å². The van der Waals surface area contributed by atoms with E-state index in [9.17, 15) is 9.59 Å². The van der Waals surface area contributed by atoms with Crippen molar-refractivity contribution in [3.05, 3.63) is 23.8 Å². The number of nitrogens with one attached hydrogen (secondary N) is 2. The second-order valence-electron chi connectivity index (χ2n) is 5.52. The zero-order valence-corrected chi connectivity index (χ0v) is 12.2. The molecule has 1 aromatic rings. The number of amides is 1. The van der Waals surface area contributed by atoms with Crippen molar-refractivity contribution in [1.82, 2.24) is 5.32 Å². The van der Waals surface area contributed by atoms with Crippen LogP contribution in [-0.4, -0.2) is 37.2 Å². The average molecular weight is 292 g/mol. The number of carboxylic acid groups (broad SMARTS) is 1. The van der Waals surface area contributed by atoms with Crippen molar-refractivity contribution in [2.24, 2.45) is 5.41 Å². The summed E-state index contributed by atoms with van der Waals surface area (Å²) in [6, 6.07) is 4.40. The van der Waals surface area contributed by atoms with Gasteiger partial charge in [-0.25, -0.2) is 4.79 Å². The molecule has 1 heterocycles. The molecule has 3 N–H and O–H groups in total. The van der Waals surface area contributed by atoms with E-state index < -0.39 is 11.4 Å². The van der Waals surface area contributed by atoms with Gasteiger partial charge in [0.15, 0.2) is 0 Å². The third kappa shape index (κ3) is 3.33. The van der Waals surface area contributed by atoms with Gasteiger partial charge in [0.2, 0.25) is 5.91 Å². The van der Waals surface area contributed by atoms with Crippen LogP contribution >= 0.6 is 0 Å². The maximum absolute atomic E-state index is 12.5. The maximum Gasteiger partial charge on any atom is 0.335 e. The molecule has 1 unspecified atom stereocenters. The molecule has 114 valence electrons. The number of methoxy groups -OCH3 is 1. The van der Waals surface area contributed by atoms with E-state index >= 15 is 0 Å². The highest BCUT2D eigenvalue weighted by Crippen LogP contribution is 2.31. The van der Waals surface area contributed by atoms with Gasteiger partial charge >= 0.3 is 5.97 Å². The Hall–Kier alpha value is -2.08. The van der Waals surface area contributed by atoms with Crippen LogP contribution in [0.3, 0.4) is 0 Å². The first-order valence-electron chi connectivity index (χ1n) is 6.90. The second-order valence-corrected chi connectivity index (χ2v) is 5.52. The van der Waals surface area contributed by atoms with Crippen LogP contribution in [-0.2, 0) is 4.79 Å². The van der Waals surface area contributed by atoms with Crippen molar-refractivity contribution in [3.63, 3.8) is 0 Å². The average Bonchev–Trinajstić information content (AvgIpc) is 2.47. The largest absolute Gasteiger partial charge is 0.495 e. The van der Waals surface area contributed by atoms with E-state index in [4.69, 9.17) is 9.84 Å². The standard InChI is InChI=1S/C15H20N2O4/c1-15(6-3-7-16-9-15)14(20)17-11-8-10(13(18)19)4-5-12(11)21-2/h4-5,8,16H,3,6-7,9H2,1-2H3,(H,17,20)(H,18,19). The molecule has 0 radical (unpaired) electrons. The van der Waals surface area contributed by atoms with Crippen LogP contribution in [0.4, 0.5) is 5.69 Å².